The molecule has 1 amide bonds. The van der Waals surface area contributed by atoms with Gasteiger partial charge >= 0.3 is 0 Å². The molecular formula is C26H30N2O3. The molecule has 0 aliphatic heterocycles. The number of amides is 1. The maximum absolute atomic E-state index is 12.3. The average molecular weight is 419 g/mol. The SMILES string of the molecule is COc1cc(CNc2ccc(C)c(C)c2)ccc1OCC(=O)Nc1cc(C)ccc1C. The second kappa shape index (κ2) is 10.0. The molecule has 5 heteroatoms. The molecule has 0 radical (unpaired) electrons. The van der Waals surface area contributed by atoms with Crippen molar-refractivity contribution in [1.29, 1.82) is 0 Å². The fourth-order valence-electron chi connectivity index (χ4n) is 3.20. The van der Waals surface area contributed by atoms with Crippen molar-refractivity contribution in [3.63, 3.8) is 0 Å². The summed E-state index contributed by atoms with van der Waals surface area (Å²) >= 11 is 0. The van der Waals surface area contributed by atoms with Crippen LogP contribution in [-0.4, -0.2) is 19.6 Å². The van der Waals surface area contributed by atoms with Crippen molar-refractivity contribution in [1.82, 2.24) is 0 Å². The van der Waals surface area contributed by atoms with E-state index < -0.39 is 0 Å². The zero-order valence-electron chi connectivity index (χ0n) is 18.8. The van der Waals surface area contributed by atoms with Gasteiger partial charge in [-0.1, -0.05) is 24.3 Å². The van der Waals surface area contributed by atoms with Gasteiger partial charge < -0.3 is 20.1 Å². The smallest absolute Gasteiger partial charge is 0.262 e. The van der Waals surface area contributed by atoms with Gasteiger partial charge in [-0.15, -0.1) is 0 Å². The normalized spacial score (nSPS) is 10.5. The number of carbonyl (C=O) groups excluding carboxylic acids is 1. The predicted molar refractivity (Wildman–Crippen MR) is 126 cm³/mol. The zero-order chi connectivity index (χ0) is 22.4. The van der Waals surface area contributed by atoms with Crippen molar-refractivity contribution in [3.8, 4) is 11.5 Å². The second-order valence-corrected chi connectivity index (χ2v) is 7.79. The van der Waals surface area contributed by atoms with Crippen LogP contribution in [0.15, 0.2) is 54.6 Å². The van der Waals surface area contributed by atoms with Gasteiger partial charge in [0.15, 0.2) is 18.1 Å². The van der Waals surface area contributed by atoms with Crippen molar-refractivity contribution in [2.75, 3.05) is 24.4 Å². The molecule has 3 aromatic carbocycles. The summed E-state index contributed by atoms with van der Waals surface area (Å²) in [4.78, 5) is 12.3. The first kappa shape index (κ1) is 22.2. The summed E-state index contributed by atoms with van der Waals surface area (Å²) in [5, 5.41) is 6.33. The molecule has 5 nitrogen and oxygen atoms in total. The number of methoxy groups -OCH3 is 1. The Morgan fingerprint density at radius 1 is 0.839 bits per heavy atom. The van der Waals surface area contributed by atoms with Crippen molar-refractivity contribution >= 4 is 17.3 Å². The van der Waals surface area contributed by atoms with Crippen LogP contribution in [0.1, 0.15) is 27.8 Å². The monoisotopic (exact) mass is 418 g/mol. The lowest BCUT2D eigenvalue weighted by atomic mass is 10.1. The molecule has 2 N–H and O–H groups in total. The first-order chi connectivity index (χ1) is 14.9. The van der Waals surface area contributed by atoms with Crippen molar-refractivity contribution < 1.29 is 14.3 Å². The van der Waals surface area contributed by atoms with Gasteiger partial charge in [0.05, 0.1) is 7.11 Å². The Labute approximate surface area is 184 Å². The first-order valence-corrected chi connectivity index (χ1v) is 10.3. The fourth-order valence-corrected chi connectivity index (χ4v) is 3.20. The number of aryl methyl sites for hydroxylation is 4. The minimum Gasteiger partial charge on any atom is -0.493 e. The van der Waals surface area contributed by atoms with Gasteiger partial charge in [0.1, 0.15) is 0 Å². The molecule has 0 heterocycles. The van der Waals surface area contributed by atoms with Gasteiger partial charge in [0.25, 0.3) is 5.91 Å². The Kier molecular flexibility index (Phi) is 7.19. The van der Waals surface area contributed by atoms with Crippen LogP contribution in [0.2, 0.25) is 0 Å². The Morgan fingerprint density at radius 2 is 1.61 bits per heavy atom. The summed E-state index contributed by atoms with van der Waals surface area (Å²) in [6, 6.07) is 18.0. The van der Waals surface area contributed by atoms with Gasteiger partial charge in [-0.25, -0.2) is 0 Å². The topological polar surface area (TPSA) is 59.6 Å². The highest BCUT2D eigenvalue weighted by molar-refractivity contribution is 5.92. The van der Waals surface area contributed by atoms with Crippen LogP contribution in [0.25, 0.3) is 0 Å². The second-order valence-electron chi connectivity index (χ2n) is 7.79. The van der Waals surface area contributed by atoms with E-state index in [1.165, 1.54) is 11.1 Å². The van der Waals surface area contributed by atoms with E-state index in [2.05, 4.69) is 42.7 Å². The fraction of sp³-hybridized carbons (Fsp3) is 0.269. The molecular weight excluding hydrogens is 388 g/mol. The molecule has 0 atom stereocenters. The Bertz CT molecular complexity index is 1080. The summed E-state index contributed by atoms with van der Waals surface area (Å²) in [6.07, 6.45) is 0. The molecule has 0 aliphatic carbocycles. The van der Waals surface area contributed by atoms with E-state index in [1.54, 1.807) is 7.11 Å². The first-order valence-electron chi connectivity index (χ1n) is 10.3. The van der Waals surface area contributed by atoms with Crippen LogP contribution in [-0.2, 0) is 11.3 Å². The molecule has 0 saturated heterocycles. The summed E-state index contributed by atoms with van der Waals surface area (Å²) in [5.41, 5.74) is 7.56. The number of nitrogens with one attached hydrogen (secondary N) is 2. The summed E-state index contributed by atoms with van der Waals surface area (Å²) < 4.78 is 11.2. The van der Waals surface area contributed by atoms with E-state index >= 15 is 0 Å². The molecule has 0 saturated carbocycles. The number of rotatable bonds is 8. The number of benzene rings is 3. The minimum atomic E-state index is -0.212. The quantitative estimate of drug-likeness (QED) is 0.503. The Morgan fingerprint density at radius 3 is 2.35 bits per heavy atom. The molecule has 0 fully saturated rings. The lowest BCUT2D eigenvalue weighted by Gasteiger charge is -2.14. The third kappa shape index (κ3) is 6.01. The van der Waals surface area contributed by atoms with E-state index in [0.29, 0.717) is 18.0 Å². The zero-order valence-corrected chi connectivity index (χ0v) is 18.8. The van der Waals surface area contributed by atoms with Gasteiger partial charge in [-0.05, 0) is 85.8 Å². The van der Waals surface area contributed by atoms with Crippen LogP contribution < -0.4 is 20.1 Å². The van der Waals surface area contributed by atoms with Crippen molar-refractivity contribution in [2.45, 2.75) is 34.2 Å². The van der Waals surface area contributed by atoms with E-state index in [0.717, 1.165) is 28.1 Å². The number of ether oxygens (including phenoxy) is 2. The van der Waals surface area contributed by atoms with E-state index in [-0.39, 0.29) is 12.5 Å². The number of anilines is 2. The van der Waals surface area contributed by atoms with Crippen LogP contribution in [0.4, 0.5) is 11.4 Å². The predicted octanol–water partition coefficient (Wildman–Crippen LogP) is 5.56. The van der Waals surface area contributed by atoms with E-state index in [4.69, 9.17) is 9.47 Å². The third-order valence-electron chi connectivity index (χ3n) is 5.26. The van der Waals surface area contributed by atoms with Crippen molar-refractivity contribution in [3.05, 3.63) is 82.4 Å². The number of hydrogen-bond donors (Lipinski definition) is 2. The van der Waals surface area contributed by atoms with Gasteiger partial charge in [-0.2, -0.15) is 0 Å². The average Bonchev–Trinajstić information content (AvgIpc) is 2.76. The van der Waals surface area contributed by atoms with Crippen LogP contribution in [0.5, 0.6) is 11.5 Å². The molecule has 0 spiro atoms. The summed E-state index contributed by atoms with van der Waals surface area (Å²) in [5.74, 6) is 0.920. The van der Waals surface area contributed by atoms with Crippen LogP contribution in [0.3, 0.4) is 0 Å². The van der Waals surface area contributed by atoms with Crippen LogP contribution in [0, 0.1) is 27.7 Å². The lowest BCUT2D eigenvalue weighted by molar-refractivity contribution is -0.118. The molecule has 3 aromatic rings. The highest BCUT2D eigenvalue weighted by Gasteiger charge is 2.10. The van der Waals surface area contributed by atoms with E-state index in [9.17, 15) is 4.79 Å². The van der Waals surface area contributed by atoms with Gasteiger partial charge in [0, 0.05) is 17.9 Å². The van der Waals surface area contributed by atoms with Gasteiger partial charge in [0.2, 0.25) is 0 Å². The molecule has 3 rings (SSSR count). The Hall–Kier alpha value is -3.47. The highest BCUT2D eigenvalue weighted by Crippen LogP contribution is 2.28. The molecule has 0 aliphatic rings. The lowest BCUT2D eigenvalue weighted by Crippen LogP contribution is -2.21. The van der Waals surface area contributed by atoms with Crippen LogP contribution >= 0.6 is 0 Å². The summed E-state index contributed by atoms with van der Waals surface area (Å²) in [7, 11) is 1.60. The molecule has 0 aromatic heterocycles. The minimum absolute atomic E-state index is 0.0933. The molecule has 31 heavy (non-hydrogen) atoms. The summed E-state index contributed by atoms with van der Waals surface area (Å²) in [6.45, 7) is 8.73. The van der Waals surface area contributed by atoms with Gasteiger partial charge in [-0.3, -0.25) is 4.79 Å². The highest BCUT2D eigenvalue weighted by atomic mass is 16.5. The maximum atomic E-state index is 12.3. The maximum Gasteiger partial charge on any atom is 0.262 e. The molecule has 0 bridgehead atoms. The standard InChI is InChI=1S/C26H30N2O3/c1-17-6-7-19(3)23(12-17)28-26(29)16-31-24-11-9-21(14-25(24)30-5)15-27-22-10-8-18(2)20(4)13-22/h6-14,27H,15-16H2,1-5H3,(H,28,29). The largest absolute Gasteiger partial charge is 0.493 e. The molecule has 0 unspecified atom stereocenters. The number of carbonyl (C=O) groups is 1. The Balaban J connectivity index is 1.59. The third-order valence-corrected chi connectivity index (χ3v) is 5.26. The number of hydrogen-bond acceptors (Lipinski definition) is 4. The van der Waals surface area contributed by atoms with E-state index in [1.807, 2.05) is 50.2 Å². The molecule has 162 valence electrons. The van der Waals surface area contributed by atoms with Crippen molar-refractivity contribution in [2.24, 2.45) is 0 Å².